The van der Waals surface area contributed by atoms with Crippen molar-refractivity contribution in [3.63, 3.8) is 0 Å². The molecule has 0 amide bonds. The molecule has 19 heavy (non-hydrogen) atoms. The van der Waals surface area contributed by atoms with Crippen LogP contribution in [-0.4, -0.2) is 18.6 Å². The van der Waals surface area contributed by atoms with Crippen molar-refractivity contribution >= 4 is 10.0 Å². The normalized spacial score (nSPS) is 11.7. The maximum atomic E-state index is 12.3. The van der Waals surface area contributed by atoms with Crippen LogP contribution in [-0.2, 0) is 16.6 Å². The molecular formula is C13H17N3O2S. The molecule has 0 radical (unpaired) electrons. The lowest BCUT2D eigenvalue weighted by Gasteiger charge is -2.09. The Morgan fingerprint density at radius 3 is 2.63 bits per heavy atom. The molecule has 0 saturated carbocycles. The highest BCUT2D eigenvalue weighted by molar-refractivity contribution is 7.89. The summed E-state index contributed by atoms with van der Waals surface area (Å²) in [6, 6.07) is 5.39. The van der Waals surface area contributed by atoms with Crippen molar-refractivity contribution in [1.29, 1.82) is 0 Å². The van der Waals surface area contributed by atoms with E-state index in [1.54, 1.807) is 19.2 Å². The number of benzene rings is 1. The summed E-state index contributed by atoms with van der Waals surface area (Å²) >= 11 is 0. The fourth-order valence-corrected chi connectivity index (χ4v) is 3.14. The number of nitrogens with zero attached hydrogens (tertiary/aromatic N) is 1. The molecule has 1 aromatic carbocycles. The van der Waals surface area contributed by atoms with E-state index in [0.29, 0.717) is 4.90 Å². The second-order valence-corrected chi connectivity index (χ2v) is 6.35. The third-order valence-electron chi connectivity index (χ3n) is 3.02. The molecular weight excluding hydrogens is 262 g/mol. The largest absolute Gasteiger partial charge is 0.283 e. The van der Waals surface area contributed by atoms with Gasteiger partial charge in [0.25, 0.3) is 0 Å². The summed E-state index contributed by atoms with van der Waals surface area (Å²) in [5, 5.41) is 6.65. The van der Waals surface area contributed by atoms with Gasteiger partial charge < -0.3 is 0 Å². The first-order valence-electron chi connectivity index (χ1n) is 5.96. The number of hydrogen-bond donors (Lipinski definition) is 2. The van der Waals surface area contributed by atoms with Gasteiger partial charge >= 0.3 is 0 Å². The highest BCUT2D eigenvalue weighted by Crippen LogP contribution is 2.17. The number of nitrogens with one attached hydrogen (secondary N) is 2. The Morgan fingerprint density at radius 1 is 1.26 bits per heavy atom. The summed E-state index contributed by atoms with van der Waals surface area (Å²) in [5.74, 6) is 0. The zero-order chi connectivity index (χ0) is 14.0. The van der Waals surface area contributed by atoms with E-state index in [4.69, 9.17) is 0 Å². The van der Waals surface area contributed by atoms with E-state index >= 15 is 0 Å². The highest BCUT2D eigenvalue weighted by Gasteiger charge is 2.17. The molecule has 0 aliphatic carbocycles. The molecule has 0 bridgehead atoms. The zero-order valence-corrected chi connectivity index (χ0v) is 12.0. The summed E-state index contributed by atoms with van der Waals surface area (Å²) in [6.45, 7) is 5.75. The SMILES string of the molecule is Cc1ccc(C)c(S(=O)(=O)NCc2cn[nH]c2C)c1. The standard InChI is InChI=1S/C13H17N3O2S/c1-9-4-5-10(2)13(6-9)19(17,18)15-8-12-7-14-16-11(12)3/h4-7,15H,8H2,1-3H3,(H,14,16). The Labute approximate surface area is 113 Å². The molecule has 1 heterocycles. The van der Waals surface area contributed by atoms with Gasteiger partial charge in [0.05, 0.1) is 11.1 Å². The van der Waals surface area contributed by atoms with E-state index < -0.39 is 10.0 Å². The van der Waals surface area contributed by atoms with Gasteiger partial charge in [-0.3, -0.25) is 5.10 Å². The Kier molecular flexibility index (Phi) is 3.73. The van der Waals surface area contributed by atoms with Gasteiger partial charge in [0.15, 0.2) is 0 Å². The molecule has 2 N–H and O–H groups in total. The van der Waals surface area contributed by atoms with Crippen LogP contribution in [0.5, 0.6) is 0 Å². The lowest BCUT2D eigenvalue weighted by atomic mass is 10.2. The number of hydrogen-bond acceptors (Lipinski definition) is 3. The lowest BCUT2D eigenvalue weighted by molar-refractivity contribution is 0.580. The number of aryl methyl sites for hydroxylation is 3. The highest BCUT2D eigenvalue weighted by atomic mass is 32.2. The van der Waals surface area contributed by atoms with Gasteiger partial charge in [0, 0.05) is 17.8 Å². The summed E-state index contributed by atoms with van der Waals surface area (Å²) in [6.07, 6.45) is 1.63. The quantitative estimate of drug-likeness (QED) is 0.896. The van der Waals surface area contributed by atoms with Crippen molar-refractivity contribution in [3.8, 4) is 0 Å². The topological polar surface area (TPSA) is 74.8 Å². The van der Waals surface area contributed by atoms with Crippen LogP contribution in [0.2, 0.25) is 0 Å². The van der Waals surface area contributed by atoms with Crippen LogP contribution in [0.1, 0.15) is 22.4 Å². The van der Waals surface area contributed by atoms with Gasteiger partial charge in [-0.2, -0.15) is 5.10 Å². The first kappa shape index (κ1) is 13.8. The molecule has 0 atom stereocenters. The fraction of sp³-hybridized carbons (Fsp3) is 0.308. The molecule has 2 rings (SSSR count). The van der Waals surface area contributed by atoms with Gasteiger partial charge in [0.1, 0.15) is 0 Å². The number of sulfonamides is 1. The van der Waals surface area contributed by atoms with Gasteiger partial charge in [-0.1, -0.05) is 12.1 Å². The molecule has 6 heteroatoms. The second kappa shape index (κ2) is 5.14. The maximum absolute atomic E-state index is 12.3. The summed E-state index contributed by atoms with van der Waals surface area (Å²) < 4.78 is 27.1. The van der Waals surface area contributed by atoms with Gasteiger partial charge in [-0.15, -0.1) is 0 Å². The van der Waals surface area contributed by atoms with Crippen molar-refractivity contribution < 1.29 is 8.42 Å². The third kappa shape index (κ3) is 3.02. The minimum absolute atomic E-state index is 0.234. The average molecular weight is 279 g/mol. The first-order chi connectivity index (χ1) is 8.90. The maximum Gasteiger partial charge on any atom is 0.241 e. The Bertz CT molecular complexity index is 690. The van der Waals surface area contributed by atoms with Crippen molar-refractivity contribution in [2.24, 2.45) is 0 Å². The number of aromatic nitrogens is 2. The van der Waals surface area contributed by atoms with Crippen molar-refractivity contribution in [2.75, 3.05) is 0 Å². The predicted octanol–water partition coefficient (Wildman–Crippen LogP) is 1.81. The molecule has 1 aromatic heterocycles. The van der Waals surface area contributed by atoms with Gasteiger partial charge in [-0.25, -0.2) is 13.1 Å². The van der Waals surface area contributed by atoms with Crippen molar-refractivity contribution in [1.82, 2.24) is 14.9 Å². The molecule has 0 spiro atoms. The molecule has 102 valence electrons. The van der Waals surface area contributed by atoms with Crippen LogP contribution in [0.25, 0.3) is 0 Å². The predicted molar refractivity (Wildman–Crippen MR) is 73.3 cm³/mol. The van der Waals surface area contributed by atoms with Crippen LogP contribution < -0.4 is 4.72 Å². The van der Waals surface area contributed by atoms with Gasteiger partial charge in [0.2, 0.25) is 10.0 Å². The van der Waals surface area contributed by atoms with Crippen LogP contribution in [0.3, 0.4) is 0 Å². The molecule has 5 nitrogen and oxygen atoms in total. The number of H-pyrrole nitrogens is 1. The molecule has 0 aliphatic heterocycles. The lowest BCUT2D eigenvalue weighted by Crippen LogP contribution is -2.24. The average Bonchev–Trinajstić information content (AvgIpc) is 2.75. The zero-order valence-electron chi connectivity index (χ0n) is 11.2. The minimum Gasteiger partial charge on any atom is -0.283 e. The van der Waals surface area contributed by atoms with E-state index in [0.717, 1.165) is 22.4 Å². The molecule has 0 aliphatic rings. The summed E-state index contributed by atoms with van der Waals surface area (Å²) in [7, 11) is -3.50. The third-order valence-corrected chi connectivity index (χ3v) is 4.56. The van der Waals surface area contributed by atoms with Crippen molar-refractivity contribution in [2.45, 2.75) is 32.2 Å². The smallest absolute Gasteiger partial charge is 0.241 e. The Morgan fingerprint density at radius 2 is 2.00 bits per heavy atom. The van der Waals surface area contributed by atoms with E-state index in [2.05, 4.69) is 14.9 Å². The molecule has 0 saturated heterocycles. The van der Waals surface area contributed by atoms with E-state index in [1.807, 2.05) is 26.0 Å². The summed E-state index contributed by atoms with van der Waals surface area (Å²) in [4.78, 5) is 0.327. The van der Waals surface area contributed by atoms with Crippen LogP contribution in [0, 0.1) is 20.8 Å². The van der Waals surface area contributed by atoms with E-state index in [9.17, 15) is 8.42 Å². The molecule has 0 fully saturated rings. The second-order valence-electron chi connectivity index (χ2n) is 4.61. The Balaban J connectivity index is 2.23. The molecule has 2 aromatic rings. The minimum atomic E-state index is -3.50. The van der Waals surface area contributed by atoms with E-state index in [1.165, 1.54) is 0 Å². The monoisotopic (exact) mass is 279 g/mol. The van der Waals surface area contributed by atoms with Crippen LogP contribution in [0.4, 0.5) is 0 Å². The van der Waals surface area contributed by atoms with Crippen LogP contribution >= 0.6 is 0 Å². The summed E-state index contributed by atoms with van der Waals surface area (Å²) in [5.41, 5.74) is 3.37. The number of rotatable bonds is 4. The van der Waals surface area contributed by atoms with Crippen molar-refractivity contribution in [3.05, 3.63) is 46.8 Å². The fourth-order valence-electron chi connectivity index (χ4n) is 1.80. The number of aromatic amines is 1. The molecule has 0 unspecified atom stereocenters. The first-order valence-corrected chi connectivity index (χ1v) is 7.44. The Hall–Kier alpha value is -1.66. The van der Waals surface area contributed by atoms with E-state index in [-0.39, 0.29) is 6.54 Å². The van der Waals surface area contributed by atoms with Gasteiger partial charge in [-0.05, 0) is 38.0 Å². The van der Waals surface area contributed by atoms with Crippen LogP contribution in [0.15, 0.2) is 29.3 Å².